The van der Waals surface area contributed by atoms with Crippen molar-refractivity contribution in [1.29, 1.82) is 0 Å². The van der Waals surface area contributed by atoms with E-state index >= 15 is 0 Å². The van der Waals surface area contributed by atoms with E-state index in [0.717, 1.165) is 48.7 Å². The van der Waals surface area contributed by atoms with Crippen LogP contribution >= 0.6 is 12.6 Å². The lowest BCUT2D eigenvalue weighted by Gasteiger charge is -2.51. The first-order chi connectivity index (χ1) is 13.8. The molecule has 5 atom stereocenters. The van der Waals surface area contributed by atoms with Crippen LogP contribution in [0.2, 0.25) is 19.6 Å². The Kier molecular flexibility index (Phi) is 6.45. The molecule has 1 aromatic rings. The molecule has 4 rings (SSSR count). The van der Waals surface area contributed by atoms with E-state index in [-0.39, 0.29) is 0 Å². The Labute approximate surface area is 184 Å². The van der Waals surface area contributed by atoms with Crippen molar-refractivity contribution in [2.45, 2.75) is 90.0 Å². The van der Waals surface area contributed by atoms with E-state index < -0.39 is 8.32 Å². The van der Waals surface area contributed by atoms with E-state index in [1.54, 1.807) is 5.56 Å². The summed E-state index contributed by atoms with van der Waals surface area (Å²) in [5.74, 6) is 4.48. The van der Waals surface area contributed by atoms with E-state index in [2.05, 4.69) is 57.4 Å². The molecule has 0 heterocycles. The number of hydrogen-bond acceptors (Lipinski definition) is 3. The minimum atomic E-state index is -1.49. The second-order valence-corrected chi connectivity index (χ2v) is 15.8. The summed E-state index contributed by atoms with van der Waals surface area (Å²) in [4.78, 5) is 0. The lowest BCUT2D eigenvalue weighted by molar-refractivity contribution is -0.0142. The fourth-order valence-electron chi connectivity index (χ4n) is 6.69. The quantitative estimate of drug-likeness (QED) is 0.288. The maximum atomic E-state index is 6.72. The van der Waals surface area contributed by atoms with Gasteiger partial charge in [0.05, 0.1) is 12.7 Å². The van der Waals surface area contributed by atoms with Gasteiger partial charge in [0.2, 0.25) is 0 Å². The van der Waals surface area contributed by atoms with Gasteiger partial charge in [0.15, 0.2) is 8.32 Å². The van der Waals surface area contributed by atoms with Crippen LogP contribution < -0.4 is 4.74 Å². The fraction of sp³-hybridized carbons (Fsp3) is 0.760. The molecule has 0 N–H and O–H groups in total. The van der Waals surface area contributed by atoms with Crippen LogP contribution in [0.3, 0.4) is 0 Å². The van der Waals surface area contributed by atoms with Gasteiger partial charge in [-0.05, 0) is 117 Å². The number of fused-ring (bicyclic) bond motifs is 5. The first kappa shape index (κ1) is 21.8. The van der Waals surface area contributed by atoms with Crippen molar-refractivity contribution in [2.75, 3.05) is 12.4 Å². The van der Waals surface area contributed by atoms with Crippen molar-refractivity contribution < 1.29 is 9.16 Å². The molecule has 0 radical (unpaired) electrons. The lowest BCUT2D eigenvalue weighted by Crippen LogP contribution is -2.47. The van der Waals surface area contributed by atoms with E-state index in [1.807, 2.05) is 0 Å². The third kappa shape index (κ3) is 4.32. The van der Waals surface area contributed by atoms with Gasteiger partial charge in [-0.3, -0.25) is 0 Å². The Morgan fingerprint density at radius 2 is 1.93 bits per heavy atom. The number of unbranched alkanes of at least 4 members (excludes halogenated alkanes) is 1. The van der Waals surface area contributed by atoms with Gasteiger partial charge in [0.25, 0.3) is 0 Å². The van der Waals surface area contributed by atoms with Crippen LogP contribution in [-0.4, -0.2) is 26.8 Å². The van der Waals surface area contributed by atoms with Crippen molar-refractivity contribution in [2.24, 2.45) is 17.3 Å². The molecule has 0 amide bonds. The Balaban J connectivity index is 1.52. The Bertz CT molecular complexity index is 715. The summed E-state index contributed by atoms with van der Waals surface area (Å²) in [6, 6.07) is 6.83. The Morgan fingerprint density at radius 1 is 1.10 bits per heavy atom. The zero-order valence-corrected chi connectivity index (χ0v) is 20.8. The number of thiol groups is 1. The highest BCUT2D eigenvalue weighted by atomic mass is 32.1. The average Bonchev–Trinajstić information content (AvgIpc) is 3.00. The van der Waals surface area contributed by atoms with Gasteiger partial charge in [0, 0.05) is 0 Å². The minimum Gasteiger partial charge on any atom is -0.493 e. The van der Waals surface area contributed by atoms with Gasteiger partial charge in [-0.2, -0.15) is 12.6 Å². The van der Waals surface area contributed by atoms with Crippen molar-refractivity contribution in [3.05, 3.63) is 29.3 Å². The topological polar surface area (TPSA) is 18.5 Å². The van der Waals surface area contributed by atoms with Crippen molar-refractivity contribution in [1.82, 2.24) is 0 Å². The third-order valence-electron chi connectivity index (χ3n) is 7.95. The summed E-state index contributed by atoms with van der Waals surface area (Å²) in [6.07, 6.45) is 10.5. The molecule has 0 unspecified atom stereocenters. The molecule has 0 aromatic heterocycles. The van der Waals surface area contributed by atoms with Gasteiger partial charge >= 0.3 is 0 Å². The first-order valence-electron chi connectivity index (χ1n) is 11.9. The molecule has 0 saturated heterocycles. The molecule has 1 aromatic carbocycles. The maximum Gasteiger partial charge on any atom is 0.184 e. The predicted molar refractivity (Wildman–Crippen MR) is 128 cm³/mol. The second kappa shape index (κ2) is 8.59. The van der Waals surface area contributed by atoms with Crippen LogP contribution in [0, 0.1) is 17.3 Å². The van der Waals surface area contributed by atoms with Crippen LogP contribution in [0.4, 0.5) is 0 Å². The van der Waals surface area contributed by atoms with Gasteiger partial charge in [-0.15, -0.1) is 0 Å². The zero-order chi connectivity index (χ0) is 20.6. The van der Waals surface area contributed by atoms with E-state index in [4.69, 9.17) is 9.16 Å². The molecule has 29 heavy (non-hydrogen) atoms. The van der Waals surface area contributed by atoms with Crippen molar-refractivity contribution in [3.8, 4) is 5.75 Å². The van der Waals surface area contributed by atoms with Gasteiger partial charge < -0.3 is 9.16 Å². The molecular formula is C25H40O2SSi. The molecule has 2 saturated carbocycles. The smallest absolute Gasteiger partial charge is 0.184 e. The molecule has 3 aliphatic carbocycles. The highest BCUT2D eigenvalue weighted by Gasteiger charge is 2.55. The predicted octanol–water partition coefficient (Wildman–Crippen LogP) is 6.85. The number of hydrogen-bond donors (Lipinski definition) is 1. The highest BCUT2D eigenvalue weighted by Crippen LogP contribution is 2.62. The standard InChI is InChI=1S/C25H40O2SSi/c1-25-15-14-19-18-8-7-9-23(26-16-5-6-17-28)21(18)11-10-20(19)22(25)12-13-24(25)27-29(2,3)4/h7-9,19-20,22,24,28H,5-6,10-17H2,1-4H3/t19-,20-,22+,24+,25+/m1/s1. The normalized spacial score (nSPS) is 33.7. The van der Waals surface area contributed by atoms with Crippen LogP contribution in [0.1, 0.15) is 68.9 Å². The van der Waals surface area contributed by atoms with Crippen LogP contribution in [0.5, 0.6) is 5.75 Å². The molecule has 0 spiro atoms. The second-order valence-electron chi connectivity index (χ2n) is 10.9. The zero-order valence-electron chi connectivity index (χ0n) is 18.9. The number of ether oxygens (including phenoxy) is 1. The molecule has 4 heteroatoms. The number of rotatable bonds is 7. The Morgan fingerprint density at radius 3 is 2.69 bits per heavy atom. The molecule has 0 aliphatic heterocycles. The van der Waals surface area contributed by atoms with E-state index in [0.29, 0.717) is 11.5 Å². The van der Waals surface area contributed by atoms with E-state index in [9.17, 15) is 0 Å². The van der Waals surface area contributed by atoms with Crippen molar-refractivity contribution >= 4 is 20.9 Å². The van der Waals surface area contributed by atoms with Crippen molar-refractivity contribution in [3.63, 3.8) is 0 Å². The molecule has 162 valence electrons. The van der Waals surface area contributed by atoms with Gasteiger partial charge in [-0.1, -0.05) is 19.1 Å². The number of benzene rings is 1. The van der Waals surface area contributed by atoms with Gasteiger partial charge in [-0.25, -0.2) is 0 Å². The summed E-state index contributed by atoms with van der Waals surface area (Å²) in [7, 11) is -1.49. The van der Waals surface area contributed by atoms with E-state index in [1.165, 1.54) is 44.1 Å². The summed E-state index contributed by atoms with van der Waals surface area (Å²) >= 11 is 4.31. The first-order valence-corrected chi connectivity index (χ1v) is 15.9. The SMILES string of the molecule is C[C@]12CC[C@@H]3c4cccc(OCCCCS)c4CC[C@H]3[C@@H]1CC[C@@H]2O[Si](C)(C)C. The maximum absolute atomic E-state index is 6.72. The van der Waals surface area contributed by atoms with Gasteiger partial charge in [0.1, 0.15) is 5.75 Å². The highest BCUT2D eigenvalue weighted by molar-refractivity contribution is 7.80. The average molecular weight is 433 g/mol. The van der Waals surface area contributed by atoms with Crippen LogP contribution in [-0.2, 0) is 10.8 Å². The summed E-state index contributed by atoms with van der Waals surface area (Å²) in [5, 5.41) is 0. The largest absolute Gasteiger partial charge is 0.493 e. The lowest BCUT2D eigenvalue weighted by atomic mass is 9.55. The molecule has 3 aliphatic rings. The molecule has 0 bridgehead atoms. The summed E-state index contributed by atoms with van der Waals surface area (Å²) in [6.45, 7) is 10.4. The molecular weight excluding hydrogens is 392 g/mol. The fourth-order valence-corrected chi connectivity index (χ4v) is 8.15. The summed E-state index contributed by atoms with van der Waals surface area (Å²) in [5.41, 5.74) is 3.50. The third-order valence-corrected chi connectivity index (χ3v) is 9.26. The molecule has 2 nitrogen and oxygen atoms in total. The summed E-state index contributed by atoms with van der Waals surface area (Å²) < 4.78 is 12.9. The monoisotopic (exact) mass is 432 g/mol. The minimum absolute atomic E-state index is 0.389. The Hall–Kier alpha value is -0.453. The van der Waals surface area contributed by atoms with Crippen LogP contribution in [0.15, 0.2) is 18.2 Å². The van der Waals surface area contributed by atoms with Crippen LogP contribution in [0.25, 0.3) is 0 Å². The molecule has 2 fully saturated rings.